The Bertz CT molecular complexity index is 396. The maximum absolute atomic E-state index is 5.35. The average molecular weight is 253 g/mol. The molecule has 86 valence electrons. The van der Waals surface area contributed by atoms with Gasteiger partial charge in [-0.1, -0.05) is 24.4 Å². The molecule has 0 aliphatic rings. The van der Waals surface area contributed by atoms with Crippen LogP contribution in [-0.2, 0) is 0 Å². The van der Waals surface area contributed by atoms with Gasteiger partial charge < -0.3 is 10.1 Å². The van der Waals surface area contributed by atoms with E-state index in [4.69, 9.17) is 17.0 Å². The van der Waals surface area contributed by atoms with Crippen LogP contribution in [0.3, 0.4) is 0 Å². The van der Waals surface area contributed by atoms with Gasteiger partial charge in [0.25, 0.3) is 0 Å². The predicted molar refractivity (Wildman–Crippen MR) is 75.4 cm³/mol. The Morgan fingerprint density at radius 2 is 2.25 bits per heavy atom. The van der Waals surface area contributed by atoms with Crippen LogP contribution >= 0.6 is 24.0 Å². The summed E-state index contributed by atoms with van der Waals surface area (Å²) < 4.78 is 5.16. The molecule has 0 unspecified atom stereocenters. The Morgan fingerprint density at radius 3 is 2.81 bits per heavy atom. The molecule has 0 saturated carbocycles. The standard InChI is InChI=1S/C12H15NOS2/c1-13-12(16-3)8-11(15)9-5-4-6-10(7-9)14-2/h4-8,13H,1-3H3/b12-8-. The van der Waals surface area contributed by atoms with E-state index in [-0.39, 0.29) is 0 Å². The maximum atomic E-state index is 5.35. The first kappa shape index (κ1) is 13.1. The molecule has 0 radical (unpaired) electrons. The summed E-state index contributed by atoms with van der Waals surface area (Å²) in [4.78, 5) is 0.803. The molecule has 0 bridgehead atoms. The van der Waals surface area contributed by atoms with Crippen LogP contribution in [0.1, 0.15) is 5.56 Å². The van der Waals surface area contributed by atoms with Crippen molar-refractivity contribution in [1.29, 1.82) is 0 Å². The van der Waals surface area contributed by atoms with Crippen LogP contribution in [0.5, 0.6) is 5.75 Å². The van der Waals surface area contributed by atoms with E-state index >= 15 is 0 Å². The van der Waals surface area contributed by atoms with Crippen molar-refractivity contribution < 1.29 is 4.74 Å². The van der Waals surface area contributed by atoms with E-state index in [9.17, 15) is 0 Å². The van der Waals surface area contributed by atoms with Gasteiger partial charge in [-0.3, -0.25) is 0 Å². The summed E-state index contributed by atoms with van der Waals surface area (Å²) in [6.45, 7) is 0. The molecule has 4 heteroatoms. The number of thioether (sulfide) groups is 1. The van der Waals surface area contributed by atoms with Gasteiger partial charge in [0.05, 0.1) is 12.1 Å². The van der Waals surface area contributed by atoms with Crippen molar-refractivity contribution in [2.24, 2.45) is 0 Å². The lowest BCUT2D eigenvalue weighted by Crippen LogP contribution is -2.05. The van der Waals surface area contributed by atoms with Crippen molar-refractivity contribution in [2.75, 3.05) is 20.4 Å². The van der Waals surface area contributed by atoms with E-state index in [1.807, 2.05) is 43.6 Å². The lowest BCUT2D eigenvalue weighted by atomic mass is 10.1. The minimum Gasteiger partial charge on any atom is -0.497 e. The predicted octanol–water partition coefficient (Wildman–Crippen LogP) is 2.84. The molecule has 0 aliphatic heterocycles. The van der Waals surface area contributed by atoms with Crippen LogP contribution < -0.4 is 10.1 Å². The van der Waals surface area contributed by atoms with Gasteiger partial charge in [0, 0.05) is 11.9 Å². The van der Waals surface area contributed by atoms with Gasteiger partial charge >= 0.3 is 0 Å². The molecule has 1 aromatic rings. The van der Waals surface area contributed by atoms with Crippen LogP contribution in [0.25, 0.3) is 0 Å². The molecular weight excluding hydrogens is 238 g/mol. The Balaban J connectivity index is 2.91. The quantitative estimate of drug-likeness (QED) is 0.495. The lowest BCUT2D eigenvalue weighted by Gasteiger charge is -2.05. The monoisotopic (exact) mass is 253 g/mol. The highest BCUT2D eigenvalue weighted by Gasteiger charge is 2.01. The van der Waals surface area contributed by atoms with Crippen LogP contribution in [-0.4, -0.2) is 25.3 Å². The second-order valence-electron chi connectivity index (χ2n) is 3.06. The molecule has 1 N–H and O–H groups in total. The van der Waals surface area contributed by atoms with Crippen LogP contribution in [0.4, 0.5) is 0 Å². The highest BCUT2D eigenvalue weighted by atomic mass is 32.2. The van der Waals surface area contributed by atoms with Crippen molar-refractivity contribution in [3.63, 3.8) is 0 Å². The van der Waals surface area contributed by atoms with E-state index in [1.165, 1.54) is 0 Å². The molecule has 0 saturated heterocycles. The van der Waals surface area contributed by atoms with Crippen LogP contribution in [0.2, 0.25) is 0 Å². The Hall–Kier alpha value is -1.00. The largest absolute Gasteiger partial charge is 0.497 e. The van der Waals surface area contributed by atoms with Gasteiger partial charge in [0.1, 0.15) is 5.75 Å². The molecule has 0 heterocycles. The summed E-state index contributed by atoms with van der Waals surface area (Å²) in [5.74, 6) is 0.823. The molecule has 1 rings (SSSR count). The molecule has 16 heavy (non-hydrogen) atoms. The van der Waals surface area contributed by atoms with Crippen molar-refractivity contribution in [3.05, 3.63) is 40.9 Å². The van der Waals surface area contributed by atoms with Gasteiger partial charge in [0.15, 0.2) is 0 Å². The molecular formula is C12H15NOS2. The Kier molecular flexibility index (Phi) is 5.35. The number of allylic oxidation sites excluding steroid dienone is 1. The summed E-state index contributed by atoms with van der Waals surface area (Å²) in [5, 5.41) is 4.14. The van der Waals surface area contributed by atoms with Gasteiger partial charge in [0.2, 0.25) is 0 Å². The van der Waals surface area contributed by atoms with E-state index in [1.54, 1.807) is 18.9 Å². The molecule has 0 amide bonds. The summed E-state index contributed by atoms with van der Waals surface area (Å²) in [7, 11) is 3.54. The van der Waals surface area contributed by atoms with Gasteiger partial charge in [-0.05, 0) is 30.0 Å². The summed E-state index contributed by atoms with van der Waals surface area (Å²) in [5.41, 5.74) is 0.996. The van der Waals surface area contributed by atoms with E-state index in [0.717, 1.165) is 21.2 Å². The van der Waals surface area contributed by atoms with Gasteiger partial charge in [-0.15, -0.1) is 11.8 Å². The number of ether oxygens (including phenoxy) is 1. The molecule has 0 aromatic heterocycles. The van der Waals surface area contributed by atoms with Crippen LogP contribution in [0, 0.1) is 0 Å². The highest BCUT2D eigenvalue weighted by molar-refractivity contribution is 8.02. The third-order valence-electron chi connectivity index (χ3n) is 2.08. The minimum absolute atomic E-state index is 0.803. The van der Waals surface area contributed by atoms with Crippen molar-refractivity contribution >= 4 is 28.8 Å². The minimum atomic E-state index is 0.803. The van der Waals surface area contributed by atoms with Crippen molar-refractivity contribution in [1.82, 2.24) is 5.32 Å². The van der Waals surface area contributed by atoms with Gasteiger partial charge in [-0.25, -0.2) is 0 Å². The fourth-order valence-corrected chi connectivity index (χ4v) is 1.97. The number of hydrogen-bond acceptors (Lipinski definition) is 4. The number of benzene rings is 1. The van der Waals surface area contributed by atoms with Crippen molar-refractivity contribution in [2.45, 2.75) is 0 Å². The summed E-state index contributed by atoms with van der Waals surface area (Å²) in [6.07, 6.45) is 3.96. The zero-order chi connectivity index (χ0) is 12.0. The number of methoxy groups -OCH3 is 1. The normalized spacial score (nSPS) is 11.1. The zero-order valence-corrected chi connectivity index (χ0v) is 11.2. The number of thiocarbonyl (C=S) groups is 1. The number of hydrogen-bond donors (Lipinski definition) is 1. The first-order valence-corrected chi connectivity index (χ1v) is 6.46. The van der Waals surface area contributed by atoms with Crippen LogP contribution in [0.15, 0.2) is 35.4 Å². The number of rotatable bonds is 5. The van der Waals surface area contributed by atoms with E-state index in [0.29, 0.717) is 0 Å². The summed E-state index contributed by atoms with van der Waals surface area (Å²) >= 11 is 6.99. The van der Waals surface area contributed by atoms with Gasteiger partial charge in [-0.2, -0.15) is 0 Å². The second kappa shape index (κ2) is 6.55. The van der Waals surface area contributed by atoms with E-state index < -0.39 is 0 Å². The number of nitrogens with one attached hydrogen (secondary N) is 1. The smallest absolute Gasteiger partial charge is 0.119 e. The third kappa shape index (κ3) is 3.54. The zero-order valence-electron chi connectivity index (χ0n) is 9.61. The second-order valence-corrected chi connectivity index (χ2v) is 4.35. The average Bonchev–Trinajstić information content (AvgIpc) is 2.35. The fourth-order valence-electron chi connectivity index (χ4n) is 1.21. The van der Waals surface area contributed by atoms with Crippen molar-refractivity contribution in [3.8, 4) is 5.75 Å². The summed E-state index contributed by atoms with van der Waals surface area (Å²) in [6, 6.07) is 7.76. The molecule has 0 aliphatic carbocycles. The molecule has 1 aromatic carbocycles. The topological polar surface area (TPSA) is 21.3 Å². The lowest BCUT2D eigenvalue weighted by molar-refractivity contribution is 0.414. The maximum Gasteiger partial charge on any atom is 0.119 e. The Labute approximate surface area is 106 Å². The molecule has 2 nitrogen and oxygen atoms in total. The highest BCUT2D eigenvalue weighted by Crippen LogP contribution is 2.16. The third-order valence-corrected chi connectivity index (χ3v) is 3.20. The first-order chi connectivity index (χ1) is 7.71. The van der Waals surface area contributed by atoms with E-state index in [2.05, 4.69) is 5.32 Å². The first-order valence-electron chi connectivity index (χ1n) is 4.83. The molecule has 0 spiro atoms. The molecule has 0 atom stereocenters. The SMILES string of the molecule is CN/C(=C/C(=S)c1cccc(OC)c1)SC. The fraction of sp³-hybridized carbons (Fsp3) is 0.250. The molecule has 0 fully saturated rings. The Morgan fingerprint density at radius 1 is 1.50 bits per heavy atom.